The zero-order chi connectivity index (χ0) is 21.2. The van der Waals surface area contributed by atoms with Gasteiger partial charge in [0.1, 0.15) is 0 Å². The van der Waals surface area contributed by atoms with Gasteiger partial charge in [-0.3, -0.25) is 14.8 Å². The summed E-state index contributed by atoms with van der Waals surface area (Å²) in [5.41, 5.74) is 0.652. The summed E-state index contributed by atoms with van der Waals surface area (Å²) in [6, 6.07) is 1.39. The fourth-order valence-corrected chi connectivity index (χ4v) is 2.91. The molecule has 0 aliphatic carbocycles. The van der Waals surface area contributed by atoms with Crippen LogP contribution in [0, 0.1) is 11.7 Å². The number of nitrogens with zero attached hydrogens (tertiary/aromatic N) is 4. The van der Waals surface area contributed by atoms with Crippen LogP contribution < -0.4 is 5.32 Å². The Hall–Kier alpha value is -2.74. The second-order valence-corrected chi connectivity index (χ2v) is 7.06. The Balaban J connectivity index is 1.97. The van der Waals surface area contributed by atoms with Gasteiger partial charge in [-0.05, 0) is 32.8 Å². The zero-order valence-corrected chi connectivity index (χ0v) is 17.5. The Bertz CT molecular complexity index is 834. The highest BCUT2D eigenvalue weighted by molar-refractivity contribution is 6.29. The van der Waals surface area contributed by atoms with E-state index in [-0.39, 0.29) is 17.4 Å². The van der Waals surface area contributed by atoms with Crippen molar-refractivity contribution in [3.8, 4) is 0 Å². The lowest BCUT2D eigenvalue weighted by Gasteiger charge is -2.31. The van der Waals surface area contributed by atoms with E-state index in [2.05, 4.69) is 20.4 Å². The first-order valence-corrected chi connectivity index (χ1v) is 9.65. The van der Waals surface area contributed by atoms with Crippen LogP contribution in [0.25, 0.3) is 0 Å². The maximum absolute atomic E-state index is 13.9. The lowest BCUT2D eigenvalue weighted by molar-refractivity contribution is 0.0698. The molecule has 156 valence electrons. The highest BCUT2D eigenvalue weighted by atomic mass is 35.5. The number of pyridine rings is 1. The summed E-state index contributed by atoms with van der Waals surface area (Å²) < 4.78 is 13.9. The SMILES string of the molecule is C/C=C(\N/C=C(\C)Cl)C(=NC)O/N=C/[C@H]1CCCN(C(=O)c2ccncc2F)C1. The lowest BCUT2D eigenvalue weighted by Crippen LogP contribution is -2.40. The van der Waals surface area contributed by atoms with Gasteiger partial charge in [-0.1, -0.05) is 22.8 Å². The van der Waals surface area contributed by atoms with Crippen molar-refractivity contribution in [3.63, 3.8) is 0 Å². The summed E-state index contributed by atoms with van der Waals surface area (Å²) in [6.07, 6.45) is 9.18. The van der Waals surface area contributed by atoms with Crippen LogP contribution >= 0.6 is 11.6 Å². The van der Waals surface area contributed by atoms with Crippen molar-refractivity contribution in [2.45, 2.75) is 26.7 Å². The topological polar surface area (TPSA) is 79.2 Å². The number of hydrogen-bond acceptors (Lipinski definition) is 6. The molecule has 1 atom stereocenters. The van der Waals surface area contributed by atoms with E-state index in [9.17, 15) is 9.18 Å². The summed E-state index contributed by atoms with van der Waals surface area (Å²) >= 11 is 5.83. The molecule has 1 fully saturated rings. The predicted molar refractivity (Wildman–Crippen MR) is 112 cm³/mol. The number of likely N-dealkylation sites (tertiary alicyclic amines) is 1. The maximum Gasteiger partial charge on any atom is 0.267 e. The number of piperidine rings is 1. The van der Waals surface area contributed by atoms with Crippen LogP contribution in [0.1, 0.15) is 37.0 Å². The Kier molecular flexibility index (Phi) is 8.79. The van der Waals surface area contributed by atoms with Crippen LogP contribution in [0.4, 0.5) is 4.39 Å². The highest BCUT2D eigenvalue weighted by Gasteiger charge is 2.25. The molecule has 1 aromatic rings. The molecule has 1 aliphatic heterocycles. The average molecular weight is 422 g/mol. The van der Waals surface area contributed by atoms with Crippen molar-refractivity contribution in [2.24, 2.45) is 16.1 Å². The minimum atomic E-state index is -0.618. The third-order valence-electron chi connectivity index (χ3n) is 4.31. The number of amides is 1. The molecule has 1 aromatic heterocycles. The largest absolute Gasteiger partial charge is 0.356 e. The smallest absolute Gasteiger partial charge is 0.267 e. The molecule has 2 rings (SSSR count). The Labute approximate surface area is 175 Å². The average Bonchev–Trinajstić information content (AvgIpc) is 2.72. The second-order valence-electron chi connectivity index (χ2n) is 6.46. The number of halogens is 2. The van der Waals surface area contributed by atoms with Crippen molar-refractivity contribution in [2.75, 3.05) is 20.1 Å². The van der Waals surface area contributed by atoms with Gasteiger partial charge < -0.3 is 15.1 Å². The van der Waals surface area contributed by atoms with E-state index < -0.39 is 5.82 Å². The monoisotopic (exact) mass is 421 g/mol. The first kappa shape index (κ1) is 22.5. The molecule has 0 saturated carbocycles. The quantitative estimate of drug-likeness (QED) is 0.431. The summed E-state index contributed by atoms with van der Waals surface area (Å²) in [5, 5.41) is 7.62. The minimum Gasteiger partial charge on any atom is -0.356 e. The molecule has 0 spiro atoms. The van der Waals surface area contributed by atoms with E-state index in [0.717, 1.165) is 19.0 Å². The molecule has 1 aliphatic rings. The van der Waals surface area contributed by atoms with Gasteiger partial charge in [-0.2, -0.15) is 0 Å². The van der Waals surface area contributed by atoms with E-state index >= 15 is 0 Å². The molecule has 1 amide bonds. The van der Waals surface area contributed by atoms with Crippen LogP contribution in [-0.4, -0.2) is 48.0 Å². The number of aliphatic imine (C=N–C) groups is 1. The van der Waals surface area contributed by atoms with Gasteiger partial charge in [0, 0.05) is 49.7 Å². The van der Waals surface area contributed by atoms with Crippen LogP contribution in [0.5, 0.6) is 0 Å². The van der Waals surface area contributed by atoms with Crippen molar-refractivity contribution in [1.82, 2.24) is 15.2 Å². The molecule has 0 bridgehead atoms. The highest BCUT2D eigenvalue weighted by Crippen LogP contribution is 2.18. The van der Waals surface area contributed by atoms with E-state index in [0.29, 0.717) is 29.7 Å². The van der Waals surface area contributed by atoms with Crippen molar-refractivity contribution in [1.29, 1.82) is 0 Å². The number of rotatable bonds is 6. The molecule has 1 N–H and O–H groups in total. The van der Waals surface area contributed by atoms with E-state index in [1.165, 1.54) is 12.3 Å². The van der Waals surface area contributed by atoms with E-state index in [4.69, 9.17) is 16.4 Å². The number of oxime groups is 1. The lowest BCUT2D eigenvalue weighted by atomic mass is 9.99. The number of allylic oxidation sites excluding steroid dienone is 2. The molecule has 0 radical (unpaired) electrons. The number of carbonyl (C=O) groups excluding carboxylic acids is 1. The summed E-state index contributed by atoms with van der Waals surface area (Å²) in [6.45, 7) is 4.59. The number of hydrogen-bond donors (Lipinski definition) is 1. The third kappa shape index (κ3) is 6.67. The molecule has 0 unspecified atom stereocenters. The maximum atomic E-state index is 13.9. The Morgan fingerprint density at radius 1 is 1.52 bits per heavy atom. The second kappa shape index (κ2) is 11.3. The van der Waals surface area contributed by atoms with Gasteiger partial charge in [0.05, 0.1) is 17.5 Å². The molecule has 0 aromatic carbocycles. The molecule has 2 heterocycles. The first-order chi connectivity index (χ1) is 14.0. The van der Waals surface area contributed by atoms with Gasteiger partial charge in [-0.15, -0.1) is 0 Å². The molecular formula is C20H25ClFN5O2. The predicted octanol–water partition coefficient (Wildman–Crippen LogP) is 3.70. The molecule has 29 heavy (non-hydrogen) atoms. The molecule has 1 saturated heterocycles. The van der Waals surface area contributed by atoms with Crippen molar-refractivity contribution < 1.29 is 14.0 Å². The van der Waals surface area contributed by atoms with Gasteiger partial charge in [0.25, 0.3) is 11.8 Å². The molecule has 7 nitrogen and oxygen atoms in total. The van der Waals surface area contributed by atoms with Crippen molar-refractivity contribution in [3.05, 3.63) is 52.8 Å². The van der Waals surface area contributed by atoms with Crippen molar-refractivity contribution >= 4 is 29.6 Å². The van der Waals surface area contributed by atoms with Crippen LogP contribution in [-0.2, 0) is 4.84 Å². The fraction of sp³-hybridized carbons (Fsp3) is 0.400. The molecule has 9 heteroatoms. The summed E-state index contributed by atoms with van der Waals surface area (Å²) in [7, 11) is 1.59. The number of aromatic nitrogens is 1. The fourth-order valence-electron chi connectivity index (χ4n) is 2.86. The minimum absolute atomic E-state index is 0.00250. The van der Waals surface area contributed by atoms with Gasteiger partial charge >= 0.3 is 0 Å². The van der Waals surface area contributed by atoms with Crippen LogP contribution in [0.2, 0.25) is 0 Å². The number of nitrogens with one attached hydrogen (secondary N) is 1. The zero-order valence-electron chi connectivity index (χ0n) is 16.7. The van der Waals surface area contributed by atoms with Gasteiger partial charge in [0.2, 0.25) is 0 Å². The Morgan fingerprint density at radius 2 is 2.31 bits per heavy atom. The number of carbonyl (C=O) groups is 1. The van der Waals surface area contributed by atoms with E-state index in [1.807, 2.05) is 6.92 Å². The summed E-state index contributed by atoms with van der Waals surface area (Å²) in [4.78, 5) is 27.4. The van der Waals surface area contributed by atoms with Crippen LogP contribution in [0.3, 0.4) is 0 Å². The standard InChI is InChI=1S/C20H25ClFN5O2/c1-4-18(25-10-14(2)21)19(23-3)29-26-11-15-6-5-9-27(13-15)20(28)16-7-8-24-12-17(16)22/h4,7-8,10-12,15,25H,5-6,9,13H2,1-3H3/b14-10+,18-4-,23-19?,26-11+/t15-/m1/s1. The van der Waals surface area contributed by atoms with E-state index in [1.54, 1.807) is 37.4 Å². The summed E-state index contributed by atoms with van der Waals surface area (Å²) in [5.74, 6) is -0.653. The van der Waals surface area contributed by atoms with Gasteiger partial charge in [0.15, 0.2) is 5.82 Å². The third-order valence-corrected chi connectivity index (χ3v) is 4.42. The Morgan fingerprint density at radius 3 is 2.97 bits per heavy atom. The first-order valence-electron chi connectivity index (χ1n) is 9.27. The molecular weight excluding hydrogens is 397 g/mol. The normalized spacial score (nSPS) is 18.9. The van der Waals surface area contributed by atoms with Gasteiger partial charge in [-0.25, -0.2) is 4.39 Å². The van der Waals surface area contributed by atoms with Crippen LogP contribution in [0.15, 0.2) is 51.6 Å².